The molecule has 1 heterocycles. The molecule has 272 valence electrons. The summed E-state index contributed by atoms with van der Waals surface area (Å²) in [5, 5.41) is 26.3. The first-order valence-corrected chi connectivity index (χ1v) is 19.5. The van der Waals surface area contributed by atoms with Crippen molar-refractivity contribution >= 4 is 23.5 Å². The lowest BCUT2D eigenvalue weighted by atomic mass is 9.74. The predicted molar refractivity (Wildman–Crippen MR) is 215 cm³/mol. The molecule has 1 aromatic heterocycles. The van der Waals surface area contributed by atoms with Gasteiger partial charge in [-0.05, 0) is 118 Å². The highest BCUT2D eigenvalue weighted by Gasteiger charge is 2.44. The predicted octanol–water partition coefficient (Wildman–Crippen LogP) is 9.49. The van der Waals surface area contributed by atoms with Crippen LogP contribution in [0, 0.1) is 11.8 Å². The highest BCUT2D eigenvalue weighted by molar-refractivity contribution is 7.10. The van der Waals surface area contributed by atoms with Crippen molar-refractivity contribution in [3.63, 3.8) is 0 Å². The second-order valence-corrected chi connectivity index (χ2v) is 15.8. The molecule has 51 heavy (non-hydrogen) atoms. The average Bonchev–Trinajstić information content (AvgIpc) is 3.59. The summed E-state index contributed by atoms with van der Waals surface area (Å²) in [6.07, 6.45) is 12.9. The molecule has 0 bridgehead atoms. The molecule has 6 rings (SSSR count). The SMILES string of the molecule is CN(C)CC1CCCCC(=Cc2ccccc2)C1(O)c1cccs1.COc1cccc(C2(O)C(=Cc3ccccc3)CCCCC2CN(C)C)c1. The molecule has 0 radical (unpaired) electrons. The first-order valence-electron chi connectivity index (χ1n) is 18.6. The van der Waals surface area contributed by atoms with Crippen LogP contribution in [0.1, 0.15) is 72.9 Å². The zero-order chi connectivity index (χ0) is 36.3. The summed E-state index contributed by atoms with van der Waals surface area (Å²) in [5.41, 5.74) is 3.66. The van der Waals surface area contributed by atoms with Gasteiger partial charge in [-0.25, -0.2) is 0 Å². The van der Waals surface area contributed by atoms with Crippen molar-refractivity contribution in [3.05, 3.63) is 135 Å². The van der Waals surface area contributed by atoms with Crippen molar-refractivity contribution in [1.29, 1.82) is 0 Å². The summed E-state index contributed by atoms with van der Waals surface area (Å²) in [6.45, 7) is 1.75. The molecule has 0 amide bonds. The summed E-state index contributed by atoms with van der Waals surface area (Å²) in [6, 6.07) is 32.8. The molecule has 6 heteroatoms. The Kier molecular flexibility index (Phi) is 13.9. The van der Waals surface area contributed by atoms with Crippen molar-refractivity contribution < 1.29 is 14.9 Å². The second-order valence-electron chi connectivity index (χ2n) is 14.8. The number of ether oxygens (including phenoxy) is 1. The molecule has 0 spiro atoms. The van der Waals surface area contributed by atoms with Crippen LogP contribution in [0.5, 0.6) is 5.75 Å². The lowest BCUT2D eigenvalue weighted by Crippen LogP contribution is -2.41. The van der Waals surface area contributed by atoms with E-state index in [9.17, 15) is 10.2 Å². The van der Waals surface area contributed by atoms with E-state index in [-0.39, 0.29) is 11.8 Å². The number of thiophene rings is 1. The quantitative estimate of drug-likeness (QED) is 0.170. The number of aliphatic hydroxyl groups is 2. The van der Waals surface area contributed by atoms with E-state index in [1.54, 1.807) is 18.4 Å². The van der Waals surface area contributed by atoms with E-state index in [1.807, 2.05) is 48.5 Å². The number of benzene rings is 3. The Bertz CT molecular complexity index is 1680. The van der Waals surface area contributed by atoms with Crippen molar-refractivity contribution in [2.45, 2.75) is 62.6 Å². The topological polar surface area (TPSA) is 56.2 Å². The molecule has 4 atom stereocenters. The zero-order valence-electron chi connectivity index (χ0n) is 31.3. The van der Waals surface area contributed by atoms with Gasteiger partial charge in [0.25, 0.3) is 0 Å². The molecule has 0 saturated heterocycles. The minimum Gasteiger partial charge on any atom is -0.497 e. The van der Waals surface area contributed by atoms with Gasteiger partial charge < -0.3 is 24.7 Å². The Morgan fingerprint density at radius 3 is 1.69 bits per heavy atom. The van der Waals surface area contributed by atoms with E-state index in [0.717, 1.165) is 85.4 Å². The van der Waals surface area contributed by atoms with E-state index in [1.165, 1.54) is 17.6 Å². The standard InChI is InChI=1S/C24H31NO2.C21H27NOS/c1-25(2)18-22-13-8-7-12-20(16-19-10-5-4-6-11-19)24(22,26)21-14-9-15-23(17-21)27-3;1-22(2)16-19-12-7-6-11-18(15-17-9-4-3-5-10-17)21(19,23)20-13-8-14-24-20/h4-6,9-11,14-17,22,26H,7-8,12-13,18H2,1-3H3;3-5,8-10,13-15,19,23H,6-7,11-12,16H2,1-2H3. The molecule has 4 unspecified atom stereocenters. The highest BCUT2D eigenvalue weighted by Crippen LogP contribution is 2.47. The monoisotopic (exact) mass is 706 g/mol. The summed E-state index contributed by atoms with van der Waals surface area (Å²) in [4.78, 5) is 5.47. The fourth-order valence-corrected chi connectivity index (χ4v) is 9.00. The maximum atomic E-state index is 12.2. The van der Waals surface area contributed by atoms with E-state index in [4.69, 9.17) is 4.74 Å². The van der Waals surface area contributed by atoms with Gasteiger partial charge >= 0.3 is 0 Å². The normalized spacial score (nSPS) is 25.7. The molecule has 2 N–H and O–H groups in total. The fraction of sp³-hybridized carbons (Fsp3) is 0.422. The number of methoxy groups -OCH3 is 1. The van der Waals surface area contributed by atoms with Crippen molar-refractivity contribution in [2.24, 2.45) is 11.8 Å². The maximum Gasteiger partial charge on any atom is 0.124 e. The summed E-state index contributed by atoms with van der Waals surface area (Å²) in [5.74, 6) is 1.15. The Balaban J connectivity index is 0.000000199. The van der Waals surface area contributed by atoms with Gasteiger partial charge in [0.05, 0.1) is 7.11 Å². The number of hydrogen-bond donors (Lipinski definition) is 2. The highest BCUT2D eigenvalue weighted by atomic mass is 32.1. The lowest BCUT2D eigenvalue weighted by molar-refractivity contribution is 0.000328. The van der Waals surface area contributed by atoms with Crippen LogP contribution in [0.25, 0.3) is 12.2 Å². The van der Waals surface area contributed by atoms with Crippen molar-refractivity contribution in [1.82, 2.24) is 9.80 Å². The van der Waals surface area contributed by atoms with Crippen LogP contribution in [0.2, 0.25) is 0 Å². The molecule has 0 aliphatic heterocycles. The molecule has 2 saturated carbocycles. The molecule has 2 aliphatic rings. The third-order valence-electron chi connectivity index (χ3n) is 10.5. The number of hydrogen-bond acceptors (Lipinski definition) is 6. The van der Waals surface area contributed by atoms with Crippen molar-refractivity contribution in [2.75, 3.05) is 48.4 Å². The largest absolute Gasteiger partial charge is 0.497 e. The Morgan fingerprint density at radius 2 is 1.20 bits per heavy atom. The third-order valence-corrected chi connectivity index (χ3v) is 11.5. The minimum atomic E-state index is -0.995. The molecule has 4 aromatic rings. The average molecular weight is 707 g/mol. The molecular formula is C45H58N2O3S. The fourth-order valence-electron chi connectivity index (χ4n) is 8.07. The van der Waals surface area contributed by atoms with Gasteiger partial charge in [-0.1, -0.05) is 104 Å². The smallest absolute Gasteiger partial charge is 0.124 e. The van der Waals surface area contributed by atoms with Crippen LogP contribution in [0.3, 0.4) is 0 Å². The summed E-state index contributed by atoms with van der Waals surface area (Å²) in [7, 11) is 10.0. The Labute approximate surface area is 310 Å². The lowest BCUT2D eigenvalue weighted by Gasteiger charge is -2.39. The van der Waals surface area contributed by atoms with Gasteiger partial charge in [-0.2, -0.15) is 0 Å². The number of rotatable bonds is 9. The van der Waals surface area contributed by atoms with E-state index >= 15 is 0 Å². The van der Waals surface area contributed by atoms with Gasteiger partial charge in [-0.15, -0.1) is 11.3 Å². The van der Waals surface area contributed by atoms with Crippen LogP contribution in [-0.2, 0) is 11.2 Å². The van der Waals surface area contributed by atoms with Gasteiger partial charge in [0, 0.05) is 29.8 Å². The van der Waals surface area contributed by atoms with E-state index < -0.39 is 11.2 Å². The first kappa shape index (κ1) is 38.7. The van der Waals surface area contributed by atoms with Crippen LogP contribution in [-0.4, -0.2) is 68.4 Å². The molecule has 2 fully saturated rings. The van der Waals surface area contributed by atoms with E-state index in [2.05, 4.69) is 104 Å². The molecule has 2 aliphatic carbocycles. The number of nitrogens with zero attached hydrogens (tertiary/aromatic N) is 2. The van der Waals surface area contributed by atoms with E-state index in [0.29, 0.717) is 0 Å². The van der Waals surface area contributed by atoms with Crippen LogP contribution < -0.4 is 4.74 Å². The van der Waals surface area contributed by atoms with Gasteiger partial charge in [-0.3, -0.25) is 0 Å². The summed E-state index contributed by atoms with van der Waals surface area (Å²) < 4.78 is 5.45. The van der Waals surface area contributed by atoms with Crippen LogP contribution in [0.4, 0.5) is 0 Å². The first-order chi connectivity index (χ1) is 24.6. The van der Waals surface area contributed by atoms with Crippen LogP contribution in [0.15, 0.2) is 114 Å². The second kappa shape index (κ2) is 18.3. The third kappa shape index (κ3) is 9.68. The molecule has 3 aromatic carbocycles. The van der Waals surface area contributed by atoms with Gasteiger partial charge in [0.2, 0.25) is 0 Å². The van der Waals surface area contributed by atoms with Crippen molar-refractivity contribution in [3.8, 4) is 5.75 Å². The minimum absolute atomic E-state index is 0.136. The van der Waals surface area contributed by atoms with Gasteiger partial charge in [0.1, 0.15) is 17.0 Å². The Morgan fingerprint density at radius 1 is 0.667 bits per heavy atom. The van der Waals surface area contributed by atoms with Gasteiger partial charge in [0.15, 0.2) is 0 Å². The zero-order valence-corrected chi connectivity index (χ0v) is 32.1. The molecular weight excluding hydrogens is 649 g/mol. The maximum absolute atomic E-state index is 12.2. The Hall–Kier alpha value is -3.52. The van der Waals surface area contributed by atoms with Crippen LogP contribution >= 0.6 is 11.3 Å². The molecule has 5 nitrogen and oxygen atoms in total. The summed E-state index contributed by atoms with van der Waals surface area (Å²) >= 11 is 1.67.